The normalized spacial score (nSPS) is 28.6. The van der Waals surface area contributed by atoms with Gasteiger partial charge < -0.3 is 0 Å². The molecule has 5 nitrogen and oxygen atoms in total. The molecule has 2 aromatic rings. The molecule has 5 rings (SSSR count). The Labute approximate surface area is 146 Å². The first-order chi connectivity index (χ1) is 12.2. The summed E-state index contributed by atoms with van der Waals surface area (Å²) in [4.78, 5) is 18.3. The van der Waals surface area contributed by atoms with Gasteiger partial charge in [-0.25, -0.2) is 0 Å². The van der Waals surface area contributed by atoms with E-state index in [2.05, 4.69) is 29.2 Å². The van der Waals surface area contributed by atoms with Gasteiger partial charge in [0.25, 0.3) is 5.69 Å². The van der Waals surface area contributed by atoms with Crippen molar-refractivity contribution in [2.75, 3.05) is 0 Å². The molecule has 3 atom stereocenters. The van der Waals surface area contributed by atoms with Crippen LogP contribution in [-0.2, 0) is 0 Å². The van der Waals surface area contributed by atoms with E-state index in [9.17, 15) is 10.1 Å². The van der Waals surface area contributed by atoms with Gasteiger partial charge in [-0.1, -0.05) is 42.5 Å². The van der Waals surface area contributed by atoms with Crippen LogP contribution >= 0.6 is 0 Å². The van der Waals surface area contributed by atoms with Gasteiger partial charge in [-0.3, -0.25) is 20.0 Å². The van der Waals surface area contributed by atoms with Crippen molar-refractivity contribution in [3.63, 3.8) is 0 Å². The fourth-order valence-corrected chi connectivity index (χ4v) is 4.67. The number of nitrogens with zero attached hydrogens (tertiary/aromatic N) is 3. The Morgan fingerprint density at radius 2 is 1.68 bits per heavy atom. The van der Waals surface area contributed by atoms with E-state index in [4.69, 9.17) is 4.99 Å². The minimum absolute atomic E-state index is 0.0533. The van der Waals surface area contributed by atoms with Gasteiger partial charge in [-0.2, -0.15) is 0 Å². The number of nitro benzene ring substituents is 1. The standard InChI is InChI=1S/C20H19N3O2/c24-23(25)16-10-8-15(9-11-16)18-19-17(14-6-2-1-3-7-14)21-20(22(18)19)12-4-5-13-20/h1-3,6-11,18-19H,4-5,12-13H2/t18-,19+,22?/m0/s1. The number of benzene rings is 2. The van der Waals surface area contributed by atoms with Crippen LogP contribution in [0.3, 0.4) is 0 Å². The van der Waals surface area contributed by atoms with E-state index in [1.807, 2.05) is 18.2 Å². The lowest BCUT2D eigenvalue weighted by Gasteiger charge is -2.25. The molecule has 1 saturated carbocycles. The molecular weight excluding hydrogens is 314 g/mol. The highest BCUT2D eigenvalue weighted by molar-refractivity contribution is 6.08. The topological polar surface area (TPSA) is 58.5 Å². The van der Waals surface area contributed by atoms with Gasteiger partial charge in [-0.15, -0.1) is 0 Å². The average molecular weight is 333 g/mol. The molecule has 2 aliphatic heterocycles. The van der Waals surface area contributed by atoms with Crippen molar-refractivity contribution in [1.29, 1.82) is 0 Å². The maximum atomic E-state index is 10.9. The van der Waals surface area contributed by atoms with Gasteiger partial charge in [0, 0.05) is 12.1 Å². The first-order valence-electron chi connectivity index (χ1n) is 8.88. The van der Waals surface area contributed by atoms with Crippen LogP contribution in [0.2, 0.25) is 0 Å². The maximum absolute atomic E-state index is 10.9. The van der Waals surface area contributed by atoms with Crippen LogP contribution in [0.4, 0.5) is 5.69 Å². The predicted octanol–water partition coefficient (Wildman–Crippen LogP) is 4.09. The Bertz CT molecular complexity index is 854. The lowest BCUT2D eigenvalue weighted by molar-refractivity contribution is -0.384. The van der Waals surface area contributed by atoms with Crippen LogP contribution in [0.25, 0.3) is 0 Å². The third-order valence-corrected chi connectivity index (χ3v) is 5.82. The Balaban J connectivity index is 1.52. The van der Waals surface area contributed by atoms with E-state index >= 15 is 0 Å². The Morgan fingerprint density at radius 1 is 1.00 bits per heavy atom. The van der Waals surface area contributed by atoms with E-state index in [0.29, 0.717) is 12.1 Å². The molecule has 126 valence electrons. The van der Waals surface area contributed by atoms with Gasteiger partial charge in [0.15, 0.2) is 0 Å². The summed E-state index contributed by atoms with van der Waals surface area (Å²) in [6.45, 7) is 0. The van der Waals surface area contributed by atoms with E-state index in [1.165, 1.54) is 24.1 Å². The second-order valence-electron chi connectivity index (χ2n) is 7.20. The third-order valence-electron chi connectivity index (χ3n) is 5.82. The van der Waals surface area contributed by atoms with Crippen LogP contribution in [0.15, 0.2) is 59.6 Å². The number of hydrogen-bond donors (Lipinski definition) is 0. The van der Waals surface area contributed by atoms with E-state index < -0.39 is 0 Å². The number of non-ortho nitro benzene ring substituents is 1. The molecule has 2 fully saturated rings. The van der Waals surface area contributed by atoms with Crippen molar-refractivity contribution >= 4 is 11.4 Å². The summed E-state index contributed by atoms with van der Waals surface area (Å²) in [6, 6.07) is 18.1. The Morgan fingerprint density at radius 3 is 2.32 bits per heavy atom. The molecule has 0 bridgehead atoms. The molecule has 1 spiro atoms. The van der Waals surface area contributed by atoms with Crippen LogP contribution in [0.1, 0.15) is 42.9 Å². The molecule has 0 N–H and O–H groups in total. The van der Waals surface area contributed by atoms with Gasteiger partial charge >= 0.3 is 0 Å². The minimum atomic E-state index is -0.340. The van der Waals surface area contributed by atoms with Gasteiger partial charge in [0.2, 0.25) is 0 Å². The largest absolute Gasteiger partial charge is 0.269 e. The molecule has 0 aromatic heterocycles. The summed E-state index contributed by atoms with van der Waals surface area (Å²) in [7, 11) is 0. The highest BCUT2D eigenvalue weighted by Crippen LogP contribution is 2.59. The number of fused-ring (bicyclic) bond motifs is 2. The summed E-state index contributed by atoms with van der Waals surface area (Å²) in [5.74, 6) is 0. The van der Waals surface area contributed by atoms with Crippen molar-refractivity contribution in [3.05, 3.63) is 75.8 Å². The quantitative estimate of drug-likeness (QED) is 0.483. The monoisotopic (exact) mass is 333 g/mol. The zero-order valence-corrected chi connectivity index (χ0v) is 13.8. The highest BCUT2D eigenvalue weighted by Gasteiger charge is 2.65. The molecule has 1 aliphatic carbocycles. The molecule has 1 saturated heterocycles. The van der Waals surface area contributed by atoms with Crippen LogP contribution < -0.4 is 0 Å². The summed E-state index contributed by atoms with van der Waals surface area (Å²) in [5.41, 5.74) is 3.64. The zero-order valence-electron chi connectivity index (χ0n) is 13.8. The summed E-state index contributed by atoms with van der Waals surface area (Å²) < 4.78 is 0. The van der Waals surface area contributed by atoms with Gasteiger partial charge in [-0.05, 0) is 36.8 Å². The van der Waals surface area contributed by atoms with E-state index in [1.54, 1.807) is 12.1 Å². The minimum Gasteiger partial charge on any atom is -0.265 e. The Kier molecular flexibility index (Phi) is 3.09. The zero-order chi connectivity index (χ0) is 17.0. The molecule has 0 amide bonds. The summed E-state index contributed by atoms with van der Waals surface area (Å²) in [5, 5.41) is 10.9. The molecular formula is C20H19N3O2. The summed E-state index contributed by atoms with van der Waals surface area (Å²) in [6.07, 6.45) is 4.68. The second kappa shape index (κ2) is 5.23. The smallest absolute Gasteiger partial charge is 0.265 e. The second-order valence-corrected chi connectivity index (χ2v) is 7.20. The van der Waals surface area contributed by atoms with E-state index in [-0.39, 0.29) is 16.3 Å². The summed E-state index contributed by atoms with van der Waals surface area (Å²) >= 11 is 0. The number of rotatable bonds is 3. The number of hydrogen-bond acceptors (Lipinski definition) is 4. The fourth-order valence-electron chi connectivity index (χ4n) is 4.67. The molecule has 25 heavy (non-hydrogen) atoms. The fraction of sp³-hybridized carbons (Fsp3) is 0.350. The van der Waals surface area contributed by atoms with Gasteiger partial charge in [0.1, 0.15) is 5.66 Å². The van der Waals surface area contributed by atoms with Crippen molar-refractivity contribution in [2.24, 2.45) is 4.99 Å². The first kappa shape index (κ1) is 14.8. The van der Waals surface area contributed by atoms with Crippen LogP contribution in [-0.4, -0.2) is 27.2 Å². The van der Waals surface area contributed by atoms with Crippen molar-refractivity contribution in [2.45, 2.75) is 43.4 Å². The van der Waals surface area contributed by atoms with E-state index in [0.717, 1.165) is 18.4 Å². The maximum Gasteiger partial charge on any atom is 0.269 e. The first-order valence-corrected chi connectivity index (χ1v) is 8.88. The average Bonchev–Trinajstić information content (AvgIpc) is 3.07. The number of aliphatic imine (C=N–C) groups is 1. The molecule has 3 aliphatic rings. The molecule has 5 heteroatoms. The molecule has 2 aromatic carbocycles. The lowest BCUT2D eigenvalue weighted by Crippen LogP contribution is -2.30. The van der Waals surface area contributed by atoms with Crippen molar-refractivity contribution in [3.8, 4) is 0 Å². The molecule has 2 heterocycles. The molecule has 1 unspecified atom stereocenters. The highest BCUT2D eigenvalue weighted by atomic mass is 16.6. The SMILES string of the molecule is O=[N+]([O-])c1ccc([C@H]2[C@H]3C(c4ccccc4)=NC4(CCCC4)N32)cc1. The van der Waals surface area contributed by atoms with Crippen molar-refractivity contribution in [1.82, 2.24) is 4.90 Å². The van der Waals surface area contributed by atoms with Crippen LogP contribution in [0, 0.1) is 10.1 Å². The number of nitro groups is 1. The van der Waals surface area contributed by atoms with Crippen LogP contribution in [0.5, 0.6) is 0 Å². The van der Waals surface area contributed by atoms with Crippen molar-refractivity contribution < 1.29 is 4.92 Å². The molecule has 0 radical (unpaired) electrons. The van der Waals surface area contributed by atoms with Gasteiger partial charge in [0.05, 0.1) is 22.7 Å². The Hall–Kier alpha value is -2.53. The third kappa shape index (κ3) is 2.15. The predicted molar refractivity (Wildman–Crippen MR) is 95.6 cm³/mol. The lowest BCUT2D eigenvalue weighted by atomic mass is 10.0.